The maximum absolute atomic E-state index is 12.4. The van der Waals surface area contributed by atoms with E-state index in [1.807, 2.05) is 54.6 Å². The Kier molecular flexibility index (Phi) is 4.19. The van der Waals surface area contributed by atoms with Crippen LogP contribution in [0.3, 0.4) is 0 Å². The molecule has 0 amide bonds. The van der Waals surface area contributed by atoms with Crippen LogP contribution in [0.1, 0.15) is 11.1 Å². The van der Waals surface area contributed by atoms with E-state index >= 15 is 0 Å². The van der Waals surface area contributed by atoms with Crippen LogP contribution in [-0.2, 0) is 11.2 Å². The fourth-order valence-corrected chi connectivity index (χ4v) is 2.77. The molecule has 2 aromatic rings. The van der Waals surface area contributed by atoms with Gasteiger partial charge in [-0.2, -0.15) is 0 Å². The van der Waals surface area contributed by atoms with Gasteiger partial charge >= 0.3 is 0 Å². The van der Waals surface area contributed by atoms with E-state index < -0.39 is 0 Å². The van der Waals surface area contributed by atoms with E-state index in [1.165, 1.54) is 5.56 Å². The average Bonchev–Trinajstić information content (AvgIpc) is 2.58. The highest BCUT2D eigenvalue weighted by Crippen LogP contribution is 2.31. The van der Waals surface area contributed by atoms with Crippen LogP contribution in [0.25, 0.3) is 5.57 Å². The minimum Gasteiger partial charge on any atom is -0.497 e. The molecule has 2 nitrogen and oxygen atoms in total. The lowest BCUT2D eigenvalue weighted by atomic mass is 9.82. The van der Waals surface area contributed by atoms with E-state index in [-0.39, 0.29) is 11.7 Å². The van der Waals surface area contributed by atoms with Gasteiger partial charge in [0.05, 0.1) is 13.0 Å². The Balaban J connectivity index is 1.90. The van der Waals surface area contributed by atoms with Crippen LogP contribution in [0.4, 0.5) is 0 Å². The quantitative estimate of drug-likeness (QED) is 0.848. The summed E-state index contributed by atoms with van der Waals surface area (Å²) >= 11 is 0. The Hall–Kier alpha value is -2.61. The summed E-state index contributed by atoms with van der Waals surface area (Å²) in [6.07, 6.45) is 6.27. The average molecular weight is 290 g/mol. The molecule has 0 heterocycles. The number of hydrogen-bond donors (Lipinski definition) is 0. The molecular weight excluding hydrogens is 272 g/mol. The van der Waals surface area contributed by atoms with Crippen molar-refractivity contribution >= 4 is 11.4 Å². The third-order valence-corrected chi connectivity index (χ3v) is 3.96. The monoisotopic (exact) mass is 290 g/mol. The number of methoxy groups -OCH3 is 1. The zero-order valence-corrected chi connectivity index (χ0v) is 12.5. The molecule has 22 heavy (non-hydrogen) atoms. The molecule has 1 aliphatic rings. The lowest BCUT2D eigenvalue weighted by Gasteiger charge is -2.21. The second-order valence-corrected chi connectivity index (χ2v) is 5.35. The first-order valence-electron chi connectivity index (χ1n) is 7.38. The molecule has 0 N–H and O–H groups in total. The van der Waals surface area contributed by atoms with E-state index in [0.29, 0.717) is 0 Å². The summed E-state index contributed by atoms with van der Waals surface area (Å²) < 4.78 is 5.20. The van der Waals surface area contributed by atoms with Gasteiger partial charge in [0, 0.05) is 0 Å². The molecule has 0 radical (unpaired) electrons. The van der Waals surface area contributed by atoms with Crippen LogP contribution in [0.15, 0.2) is 72.8 Å². The second kappa shape index (κ2) is 6.44. The molecule has 110 valence electrons. The number of benzene rings is 2. The Labute approximate surface area is 130 Å². The van der Waals surface area contributed by atoms with Crippen LogP contribution in [0.5, 0.6) is 5.75 Å². The molecule has 1 unspecified atom stereocenters. The topological polar surface area (TPSA) is 26.3 Å². The predicted molar refractivity (Wildman–Crippen MR) is 88.8 cm³/mol. The van der Waals surface area contributed by atoms with Gasteiger partial charge < -0.3 is 4.74 Å². The fourth-order valence-electron chi connectivity index (χ4n) is 2.77. The number of ketones is 1. The summed E-state index contributed by atoms with van der Waals surface area (Å²) in [4.78, 5) is 12.4. The summed E-state index contributed by atoms with van der Waals surface area (Å²) in [7, 11) is 1.65. The predicted octanol–water partition coefficient (Wildman–Crippen LogP) is 4.08. The number of rotatable bonds is 4. The molecule has 0 aromatic heterocycles. The maximum atomic E-state index is 12.4. The van der Waals surface area contributed by atoms with Gasteiger partial charge in [-0.05, 0) is 41.3 Å². The van der Waals surface area contributed by atoms with Crippen LogP contribution in [0.2, 0.25) is 0 Å². The molecule has 0 fully saturated rings. The van der Waals surface area contributed by atoms with Crippen molar-refractivity contribution in [3.63, 3.8) is 0 Å². The number of allylic oxidation sites excluding steroid dienone is 4. The lowest BCUT2D eigenvalue weighted by molar-refractivity contribution is -0.116. The highest BCUT2D eigenvalue weighted by molar-refractivity contribution is 6.03. The highest BCUT2D eigenvalue weighted by atomic mass is 16.5. The van der Waals surface area contributed by atoms with Gasteiger partial charge in [0.15, 0.2) is 5.78 Å². The molecule has 1 atom stereocenters. The van der Waals surface area contributed by atoms with Crippen molar-refractivity contribution in [2.45, 2.75) is 6.42 Å². The van der Waals surface area contributed by atoms with Crippen LogP contribution >= 0.6 is 0 Å². The molecule has 0 bridgehead atoms. The van der Waals surface area contributed by atoms with Crippen molar-refractivity contribution in [1.29, 1.82) is 0 Å². The first-order chi connectivity index (χ1) is 10.8. The Bertz CT molecular complexity index is 709. The van der Waals surface area contributed by atoms with Crippen LogP contribution < -0.4 is 4.74 Å². The first kappa shape index (κ1) is 14.3. The van der Waals surface area contributed by atoms with Crippen LogP contribution in [0, 0.1) is 5.92 Å². The van der Waals surface area contributed by atoms with Crippen molar-refractivity contribution in [2.75, 3.05) is 7.11 Å². The number of ether oxygens (including phenoxy) is 1. The molecular formula is C20H18O2. The third kappa shape index (κ3) is 3.01. The molecule has 0 aliphatic heterocycles. The van der Waals surface area contributed by atoms with E-state index in [4.69, 9.17) is 4.74 Å². The zero-order valence-electron chi connectivity index (χ0n) is 12.5. The van der Waals surface area contributed by atoms with Crippen molar-refractivity contribution in [3.8, 4) is 5.75 Å². The third-order valence-electron chi connectivity index (χ3n) is 3.96. The second-order valence-electron chi connectivity index (χ2n) is 5.35. The normalized spacial score (nSPS) is 17.2. The molecule has 2 heteroatoms. The summed E-state index contributed by atoms with van der Waals surface area (Å²) in [5.41, 5.74) is 3.31. The molecule has 1 aliphatic carbocycles. The minimum atomic E-state index is -0.124. The number of carbonyl (C=O) groups excluding carboxylic acids is 1. The van der Waals surface area contributed by atoms with E-state index in [0.717, 1.165) is 23.3 Å². The van der Waals surface area contributed by atoms with Gasteiger partial charge in [0.25, 0.3) is 0 Å². The molecule has 2 aromatic carbocycles. The Morgan fingerprint density at radius 1 is 1.00 bits per heavy atom. The van der Waals surface area contributed by atoms with Gasteiger partial charge in [-0.3, -0.25) is 4.79 Å². The summed E-state index contributed by atoms with van der Waals surface area (Å²) in [5.74, 6) is 0.861. The van der Waals surface area contributed by atoms with Crippen molar-refractivity contribution < 1.29 is 9.53 Å². The van der Waals surface area contributed by atoms with Gasteiger partial charge in [0.1, 0.15) is 5.75 Å². The number of carbonyl (C=O) groups is 1. The lowest BCUT2D eigenvalue weighted by Crippen LogP contribution is -2.19. The van der Waals surface area contributed by atoms with E-state index in [9.17, 15) is 4.79 Å². The van der Waals surface area contributed by atoms with Crippen LogP contribution in [-0.4, -0.2) is 12.9 Å². The van der Waals surface area contributed by atoms with Gasteiger partial charge in [0.2, 0.25) is 0 Å². The first-order valence-corrected chi connectivity index (χ1v) is 7.38. The maximum Gasteiger partial charge on any atom is 0.163 e. The molecule has 0 saturated carbocycles. The summed E-state index contributed by atoms with van der Waals surface area (Å²) in [5, 5.41) is 0. The van der Waals surface area contributed by atoms with Crippen molar-refractivity contribution in [3.05, 3.63) is 84.0 Å². The van der Waals surface area contributed by atoms with Gasteiger partial charge in [-0.1, -0.05) is 54.6 Å². The van der Waals surface area contributed by atoms with Crippen molar-refractivity contribution in [2.24, 2.45) is 5.92 Å². The van der Waals surface area contributed by atoms with E-state index in [1.54, 1.807) is 13.2 Å². The smallest absolute Gasteiger partial charge is 0.163 e. The number of hydrogen-bond acceptors (Lipinski definition) is 2. The van der Waals surface area contributed by atoms with E-state index in [2.05, 4.69) is 12.1 Å². The Morgan fingerprint density at radius 2 is 1.73 bits per heavy atom. The zero-order chi connectivity index (χ0) is 15.4. The summed E-state index contributed by atoms with van der Waals surface area (Å²) in [6.45, 7) is 0. The minimum absolute atomic E-state index is 0.124. The van der Waals surface area contributed by atoms with Crippen molar-refractivity contribution in [1.82, 2.24) is 0 Å². The molecule has 0 spiro atoms. The molecule has 3 rings (SSSR count). The Morgan fingerprint density at radius 3 is 2.41 bits per heavy atom. The highest BCUT2D eigenvalue weighted by Gasteiger charge is 2.24. The molecule has 0 saturated heterocycles. The standard InChI is InChI=1S/C20H18O2/c1-22-17-12-10-16(11-13-17)18-8-5-9-20(21)19(18)14-15-6-3-2-4-7-15/h2-13,19H,14H2,1H3. The SMILES string of the molecule is COc1ccc(C2=CC=CC(=O)C2Cc2ccccc2)cc1. The largest absolute Gasteiger partial charge is 0.497 e. The van der Waals surface area contributed by atoms with Gasteiger partial charge in [-0.25, -0.2) is 0 Å². The summed E-state index contributed by atoms with van der Waals surface area (Å²) in [6, 6.07) is 18.0. The fraction of sp³-hybridized carbons (Fsp3) is 0.150. The van der Waals surface area contributed by atoms with Gasteiger partial charge in [-0.15, -0.1) is 0 Å².